The summed E-state index contributed by atoms with van der Waals surface area (Å²) >= 11 is -2.09. The van der Waals surface area contributed by atoms with Crippen LogP contribution in [-0.4, -0.2) is 21.2 Å². The number of carbonyl (C=O) groups excluding carboxylic acids is 1. The maximum atomic E-state index is 11.5. The Kier molecular flexibility index (Phi) is 4.94. The molecular formula is C10H14N2O3S. The summed E-state index contributed by atoms with van der Waals surface area (Å²) in [6.45, 7) is 2.61. The minimum absolute atomic E-state index is 0.140. The molecule has 0 aromatic heterocycles. The van der Waals surface area contributed by atoms with Gasteiger partial charge in [-0.15, -0.1) is 0 Å². The molecule has 16 heavy (non-hydrogen) atoms. The fourth-order valence-corrected chi connectivity index (χ4v) is 1.47. The van der Waals surface area contributed by atoms with Gasteiger partial charge in [0, 0.05) is 17.8 Å². The molecule has 1 unspecified atom stereocenters. The van der Waals surface area contributed by atoms with Crippen molar-refractivity contribution in [2.24, 2.45) is 0 Å². The van der Waals surface area contributed by atoms with Crippen molar-refractivity contribution >= 4 is 22.9 Å². The highest BCUT2D eigenvalue weighted by molar-refractivity contribution is 7.80. The average molecular weight is 242 g/mol. The van der Waals surface area contributed by atoms with E-state index in [9.17, 15) is 9.00 Å². The van der Waals surface area contributed by atoms with Crippen molar-refractivity contribution < 1.29 is 13.6 Å². The van der Waals surface area contributed by atoms with Crippen LogP contribution in [0.3, 0.4) is 0 Å². The van der Waals surface area contributed by atoms with Crippen LogP contribution in [0.25, 0.3) is 0 Å². The summed E-state index contributed by atoms with van der Waals surface area (Å²) < 4.78 is 21.3. The van der Waals surface area contributed by atoms with E-state index in [4.69, 9.17) is 4.55 Å². The lowest BCUT2D eigenvalue weighted by atomic mass is 10.2. The molecule has 5 nitrogen and oxygen atoms in total. The molecule has 0 saturated carbocycles. The Hall–Kier alpha value is -1.40. The minimum Gasteiger partial charge on any atom is -0.352 e. The van der Waals surface area contributed by atoms with Crippen LogP contribution in [0.15, 0.2) is 24.3 Å². The number of carbonyl (C=O) groups is 1. The quantitative estimate of drug-likeness (QED) is 0.682. The number of nitrogens with one attached hydrogen (secondary N) is 2. The van der Waals surface area contributed by atoms with E-state index in [0.717, 1.165) is 6.42 Å². The van der Waals surface area contributed by atoms with Crippen LogP contribution in [0.2, 0.25) is 0 Å². The SMILES string of the molecule is CCCNC(=O)c1ccc(NS(=O)O)cc1. The molecule has 1 rings (SSSR count). The van der Waals surface area contributed by atoms with Crippen molar-refractivity contribution in [3.63, 3.8) is 0 Å². The van der Waals surface area contributed by atoms with Crippen LogP contribution in [0.1, 0.15) is 23.7 Å². The van der Waals surface area contributed by atoms with E-state index >= 15 is 0 Å². The van der Waals surface area contributed by atoms with E-state index in [0.29, 0.717) is 17.8 Å². The minimum atomic E-state index is -2.09. The smallest absolute Gasteiger partial charge is 0.259 e. The first-order valence-electron chi connectivity index (χ1n) is 4.89. The summed E-state index contributed by atoms with van der Waals surface area (Å²) in [5.41, 5.74) is 1.02. The number of benzene rings is 1. The average Bonchev–Trinajstić information content (AvgIpc) is 2.26. The molecule has 0 heterocycles. The largest absolute Gasteiger partial charge is 0.352 e. The standard InChI is InChI=1S/C10H14N2O3S/c1-2-7-11-10(13)8-3-5-9(6-4-8)12-16(14)15/h3-6,12H,2,7H2,1H3,(H,11,13)(H,14,15). The van der Waals surface area contributed by atoms with Gasteiger partial charge in [0.25, 0.3) is 17.2 Å². The first-order chi connectivity index (χ1) is 7.63. The number of rotatable bonds is 5. The van der Waals surface area contributed by atoms with E-state index in [1.807, 2.05) is 6.92 Å². The molecule has 1 atom stereocenters. The highest BCUT2D eigenvalue weighted by Crippen LogP contribution is 2.09. The van der Waals surface area contributed by atoms with Crippen molar-refractivity contribution in [2.75, 3.05) is 11.3 Å². The monoisotopic (exact) mass is 242 g/mol. The molecule has 0 saturated heterocycles. The van der Waals surface area contributed by atoms with Gasteiger partial charge in [0.1, 0.15) is 0 Å². The van der Waals surface area contributed by atoms with Crippen molar-refractivity contribution in [1.29, 1.82) is 0 Å². The maximum absolute atomic E-state index is 11.5. The summed E-state index contributed by atoms with van der Waals surface area (Å²) in [5.74, 6) is -0.140. The summed E-state index contributed by atoms with van der Waals surface area (Å²) in [4.78, 5) is 11.5. The predicted molar refractivity (Wildman–Crippen MR) is 63.5 cm³/mol. The molecule has 0 aliphatic rings. The molecule has 1 amide bonds. The van der Waals surface area contributed by atoms with Gasteiger partial charge in [-0.1, -0.05) is 6.92 Å². The van der Waals surface area contributed by atoms with Crippen molar-refractivity contribution in [3.05, 3.63) is 29.8 Å². The normalized spacial score (nSPS) is 11.9. The van der Waals surface area contributed by atoms with Gasteiger partial charge < -0.3 is 5.32 Å². The maximum Gasteiger partial charge on any atom is 0.259 e. The lowest BCUT2D eigenvalue weighted by molar-refractivity contribution is 0.0953. The first kappa shape index (κ1) is 12.7. The van der Waals surface area contributed by atoms with E-state index < -0.39 is 11.3 Å². The van der Waals surface area contributed by atoms with Crippen LogP contribution in [-0.2, 0) is 11.3 Å². The second kappa shape index (κ2) is 6.24. The van der Waals surface area contributed by atoms with Crippen LogP contribution in [0.5, 0.6) is 0 Å². The third-order valence-electron chi connectivity index (χ3n) is 1.89. The number of hydrogen-bond acceptors (Lipinski definition) is 2. The second-order valence-electron chi connectivity index (χ2n) is 3.18. The van der Waals surface area contributed by atoms with Crippen molar-refractivity contribution in [2.45, 2.75) is 13.3 Å². The molecule has 88 valence electrons. The fourth-order valence-electron chi connectivity index (χ4n) is 1.13. The topological polar surface area (TPSA) is 78.4 Å². The Balaban J connectivity index is 2.63. The highest BCUT2D eigenvalue weighted by Gasteiger charge is 2.04. The Morgan fingerprint density at radius 1 is 1.38 bits per heavy atom. The van der Waals surface area contributed by atoms with Gasteiger partial charge in [-0.2, -0.15) is 0 Å². The van der Waals surface area contributed by atoms with Crippen LogP contribution < -0.4 is 10.0 Å². The third-order valence-corrected chi connectivity index (χ3v) is 2.30. The summed E-state index contributed by atoms with van der Waals surface area (Å²) in [7, 11) is 0. The summed E-state index contributed by atoms with van der Waals surface area (Å²) in [6, 6.07) is 6.35. The highest BCUT2D eigenvalue weighted by atomic mass is 32.2. The van der Waals surface area contributed by atoms with E-state index in [2.05, 4.69) is 10.0 Å². The number of amides is 1. The number of anilines is 1. The zero-order valence-electron chi connectivity index (χ0n) is 8.90. The van der Waals surface area contributed by atoms with Gasteiger partial charge in [0.05, 0.1) is 0 Å². The molecule has 0 fully saturated rings. The van der Waals surface area contributed by atoms with Crippen LogP contribution in [0, 0.1) is 0 Å². The van der Waals surface area contributed by atoms with Crippen LogP contribution in [0.4, 0.5) is 5.69 Å². The molecule has 3 N–H and O–H groups in total. The van der Waals surface area contributed by atoms with Gasteiger partial charge in [-0.3, -0.25) is 14.1 Å². The van der Waals surface area contributed by atoms with Gasteiger partial charge in [-0.05, 0) is 30.7 Å². The van der Waals surface area contributed by atoms with E-state index in [1.54, 1.807) is 24.3 Å². The number of hydrogen-bond donors (Lipinski definition) is 3. The van der Waals surface area contributed by atoms with Gasteiger partial charge in [-0.25, -0.2) is 4.21 Å². The summed E-state index contributed by atoms with van der Waals surface area (Å²) in [6.07, 6.45) is 0.884. The Bertz CT molecular complexity index is 378. The zero-order valence-corrected chi connectivity index (χ0v) is 9.71. The zero-order chi connectivity index (χ0) is 12.0. The second-order valence-corrected chi connectivity index (χ2v) is 3.89. The van der Waals surface area contributed by atoms with Crippen LogP contribution >= 0.6 is 0 Å². The van der Waals surface area contributed by atoms with Gasteiger partial charge >= 0.3 is 0 Å². The molecule has 6 heteroatoms. The molecule has 1 aromatic carbocycles. The van der Waals surface area contributed by atoms with Gasteiger partial charge in [0.2, 0.25) is 0 Å². The lowest BCUT2D eigenvalue weighted by Gasteiger charge is -2.05. The lowest BCUT2D eigenvalue weighted by Crippen LogP contribution is -2.23. The Morgan fingerprint density at radius 2 is 2.00 bits per heavy atom. The van der Waals surface area contributed by atoms with Gasteiger partial charge in [0.15, 0.2) is 0 Å². The van der Waals surface area contributed by atoms with Crippen molar-refractivity contribution in [1.82, 2.24) is 5.32 Å². The molecule has 0 radical (unpaired) electrons. The Morgan fingerprint density at radius 3 is 2.50 bits per heavy atom. The molecule has 1 aromatic rings. The van der Waals surface area contributed by atoms with E-state index in [1.165, 1.54) is 0 Å². The molecule has 0 bridgehead atoms. The summed E-state index contributed by atoms with van der Waals surface area (Å²) in [5, 5.41) is 2.74. The molecule has 0 aliphatic heterocycles. The Labute approximate surface area is 96.7 Å². The molecular weight excluding hydrogens is 228 g/mol. The first-order valence-corrected chi connectivity index (χ1v) is 6.00. The molecule has 0 aliphatic carbocycles. The fraction of sp³-hybridized carbons (Fsp3) is 0.300. The van der Waals surface area contributed by atoms with E-state index in [-0.39, 0.29) is 5.91 Å². The van der Waals surface area contributed by atoms with Crippen molar-refractivity contribution in [3.8, 4) is 0 Å². The predicted octanol–water partition coefficient (Wildman–Crippen LogP) is 1.38. The third kappa shape index (κ3) is 4.00. The molecule has 0 spiro atoms.